The van der Waals surface area contributed by atoms with Crippen LogP contribution in [0.5, 0.6) is 0 Å². The highest BCUT2D eigenvalue weighted by Crippen LogP contribution is 2.28. The van der Waals surface area contributed by atoms with Crippen LogP contribution in [0.2, 0.25) is 0 Å². The normalized spacial score (nSPS) is 13.9. The number of amides is 3. The molecule has 3 aromatic carbocycles. The Balaban J connectivity index is 1.61. The van der Waals surface area contributed by atoms with Gasteiger partial charge in [0.25, 0.3) is 17.6 Å². The molecule has 0 radical (unpaired) electrons. The number of imide groups is 1. The van der Waals surface area contributed by atoms with Crippen molar-refractivity contribution >= 4 is 35.2 Å². The Morgan fingerprint density at radius 1 is 0.844 bits per heavy atom. The van der Waals surface area contributed by atoms with Gasteiger partial charge in [-0.05, 0) is 42.0 Å². The predicted octanol–water partition coefficient (Wildman–Crippen LogP) is 4.85. The number of hydrogen-bond donors (Lipinski definition) is 1. The number of thioether (sulfide) groups is 1. The first kappa shape index (κ1) is 21.7. The minimum absolute atomic E-state index is 0.136. The second-order valence-electron chi connectivity index (χ2n) is 7.12. The van der Waals surface area contributed by atoms with Gasteiger partial charge in [-0.15, -0.1) is 0 Å². The van der Waals surface area contributed by atoms with Crippen molar-refractivity contribution in [3.63, 3.8) is 0 Å². The zero-order chi connectivity index (χ0) is 22.7. The van der Waals surface area contributed by atoms with E-state index >= 15 is 0 Å². The third kappa shape index (κ3) is 4.55. The second-order valence-corrected chi connectivity index (χ2v) is 8.19. The maximum Gasteiger partial charge on any atom is 0.288 e. The highest BCUT2D eigenvalue weighted by molar-refractivity contribution is 7.99. The van der Waals surface area contributed by atoms with E-state index in [0.29, 0.717) is 22.3 Å². The minimum Gasteiger partial charge on any atom is -0.324 e. The maximum absolute atomic E-state index is 13.2. The van der Waals surface area contributed by atoms with Gasteiger partial charge in [0.1, 0.15) is 6.04 Å². The molecular weight excluding hydrogens is 434 g/mol. The number of nitrogens with zero attached hydrogens (tertiary/aromatic N) is 1. The van der Waals surface area contributed by atoms with Crippen molar-refractivity contribution in [1.82, 2.24) is 4.90 Å². The smallest absolute Gasteiger partial charge is 0.288 e. The summed E-state index contributed by atoms with van der Waals surface area (Å²) in [5.41, 5.74) is 1.68. The number of carbonyl (C=O) groups is 3. The fourth-order valence-electron chi connectivity index (χ4n) is 3.57. The lowest BCUT2D eigenvalue weighted by Gasteiger charge is -2.25. The third-order valence-corrected chi connectivity index (χ3v) is 5.78. The van der Waals surface area contributed by atoms with E-state index in [4.69, 9.17) is 0 Å². The van der Waals surface area contributed by atoms with Gasteiger partial charge in [-0.2, -0.15) is 8.78 Å². The van der Waals surface area contributed by atoms with Crippen molar-refractivity contribution in [2.45, 2.75) is 23.1 Å². The first-order valence-corrected chi connectivity index (χ1v) is 10.7. The van der Waals surface area contributed by atoms with Crippen LogP contribution < -0.4 is 5.32 Å². The summed E-state index contributed by atoms with van der Waals surface area (Å²) >= 11 is 0.404. The molecule has 1 heterocycles. The molecular formula is C24H18F2N2O3S. The van der Waals surface area contributed by atoms with Gasteiger partial charge in [-0.1, -0.05) is 54.2 Å². The quantitative estimate of drug-likeness (QED) is 0.411. The highest BCUT2D eigenvalue weighted by atomic mass is 32.2. The van der Waals surface area contributed by atoms with Crippen molar-refractivity contribution in [3.8, 4) is 0 Å². The van der Waals surface area contributed by atoms with Crippen LogP contribution in [0, 0.1) is 0 Å². The Kier molecular flexibility index (Phi) is 6.32. The Morgan fingerprint density at radius 2 is 1.41 bits per heavy atom. The second kappa shape index (κ2) is 9.32. The molecule has 0 bridgehead atoms. The van der Waals surface area contributed by atoms with Gasteiger partial charge in [0, 0.05) is 17.0 Å². The Morgan fingerprint density at radius 3 is 1.97 bits per heavy atom. The summed E-state index contributed by atoms with van der Waals surface area (Å²) in [6.07, 6.45) is 0.136. The Bertz CT molecular complexity index is 1120. The van der Waals surface area contributed by atoms with Crippen LogP contribution in [0.25, 0.3) is 0 Å². The minimum atomic E-state index is -2.54. The molecule has 1 atom stereocenters. The van der Waals surface area contributed by atoms with Gasteiger partial charge in [0.2, 0.25) is 5.91 Å². The number of anilines is 1. The first-order valence-electron chi connectivity index (χ1n) is 9.80. The Labute approximate surface area is 187 Å². The molecule has 0 aliphatic carbocycles. The van der Waals surface area contributed by atoms with Gasteiger partial charge in [-0.25, -0.2) is 0 Å². The van der Waals surface area contributed by atoms with Crippen molar-refractivity contribution in [2.75, 3.05) is 5.32 Å². The molecule has 0 unspecified atom stereocenters. The molecule has 4 rings (SSSR count). The number of nitrogens with one attached hydrogen (secondary N) is 1. The van der Waals surface area contributed by atoms with Crippen LogP contribution >= 0.6 is 11.8 Å². The average Bonchev–Trinajstić information content (AvgIpc) is 3.04. The van der Waals surface area contributed by atoms with Crippen molar-refractivity contribution in [3.05, 3.63) is 95.6 Å². The fraction of sp³-hybridized carbons (Fsp3) is 0.125. The number of rotatable bonds is 7. The monoisotopic (exact) mass is 452 g/mol. The maximum atomic E-state index is 13.2. The largest absolute Gasteiger partial charge is 0.324 e. The molecule has 162 valence electrons. The van der Waals surface area contributed by atoms with E-state index in [1.54, 1.807) is 24.3 Å². The number of benzene rings is 3. The van der Waals surface area contributed by atoms with Crippen LogP contribution in [0.3, 0.4) is 0 Å². The average molecular weight is 452 g/mol. The van der Waals surface area contributed by atoms with Crippen LogP contribution in [-0.2, 0) is 11.2 Å². The molecule has 0 spiro atoms. The van der Waals surface area contributed by atoms with E-state index in [2.05, 4.69) is 5.32 Å². The molecule has 3 aromatic rings. The summed E-state index contributed by atoms with van der Waals surface area (Å²) in [6.45, 7) is 0. The molecule has 0 saturated heterocycles. The molecule has 1 N–H and O–H groups in total. The summed E-state index contributed by atoms with van der Waals surface area (Å²) in [6, 6.07) is 20.4. The van der Waals surface area contributed by atoms with E-state index in [-0.39, 0.29) is 17.5 Å². The number of halogens is 2. The topological polar surface area (TPSA) is 66.5 Å². The standard InChI is InChI=1S/C24H18F2N2O3S/c25-24(26)32-17-12-10-16(11-13-17)27-21(29)20(14-15-6-2-1-3-7-15)28-22(30)18-8-4-5-9-19(18)23(28)31/h1-13,20,24H,14H2,(H,27,29)/t20-/m0/s1. The molecule has 0 fully saturated rings. The predicted molar refractivity (Wildman–Crippen MR) is 118 cm³/mol. The van der Waals surface area contributed by atoms with Crippen LogP contribution in [0.15, 0.2) is 83.8 Å². The van der Waals surface area contributed by atoms with Crippen molar-refractivity contribution < 1.29 is 23.2 Å². The lowest BCUT2D eigenvalue weighted by molar-refractivity contribution is -0.119. The lowest BCUT2D eigenvalue weighted by Crippen LogP contribution is -2.48. The SMILES string of the molecule is O=C(Nc1ccc(SC(F)F)cc1)[C@H](Cc1ccccc1)N1C(=O)c2ccccc2C1=O. The molecule has 0 aromatic heterocycles. The molecule has 5 nitrogen and oxygen atoms in total. The van der Waals surface area contributed by atoms with Gasteiger partial charge < -0.3 is 5.32 Å². The molecule has 3 amide bonds. The van der Waals surface area contributed by atoms with Crippen LogP contribution in [0.1, 0.15) is 26.3 Å². The molecule has 32 heavy (non-hydrogen) atoms. The van der Waals surface area contributed by atoms with Crippen molar-refractivity contribution in [1.29, 1.82) is 0 Å². The van der Waals surface area contributed by atoms with Crippen LogP contribution in [0.4, 0.5) is 14.5 Å². The van der Waals surface area contributed by atoms with Crippen molar-refractivity contribution in [2.24, 2.45) is 0 Å². The molecule has 0 saturated carbocycles. The molecule has 1 aliphatic rings. The van der Waals surface area contributed by atoms with E-state index in [1.807, 2.05) is 30.3 Å². The van der Waals surface area contributed by atoms with Gasteiger partial charge in [0.15, 0.2) is 0 Å². The lowest BCUT2D eigenvalue weighted by atomic mass is 10.0. The summed E-state index contributed by atoms with van der Waals surface area (Å²) < 4.78 is 25.1. The number of alkyl halides is 2. The van der Waals surface area contributed by atoms with E-state index in [0.717, 1.165) is 10.5 Å². The highest BCUT2D eigenvalue weighted by Gasteiger charge is 2.42. The zero-order valence-corrected chi connectivity index (χ0v) is 17.5. The molecule has 8 heteroatoms. The number of fused-ring (bicyclic) bond motifs is 1. The third-order valence-electron chi connectivity index (χ3n) is 5.06. The first-order chi connectivity index (χ1) is 15.4. The number of hydrogen-bond acceptors (Lipinski definition) is 4. The summed E-state index contributed by atoms with van der Waals surface area (Å²) in [5.74, 6) is -4.13. The number of carbonyl (C=O) groups excluding carboxylic acids is 3. The zero-order valence-electron chi connectivity index (χ0n) is 16.7. The van der Waals surface area contributed by atoms with E-state index < -0.39 is 29.5 Å². The van der Waals surface area contributed by atoms with Crippen LogP contribution in [-0.4, -0.2) is 34.4 Å². The van der Waals surface area contributed by atoms with E-state index in [9.17, 15) is 23.2 Å². The fourth-order valence-corrected chi connectivity index (χ4v) is 4.07. The van der Waals surface area contributed by atoms with Gasteiger partial charge in [0.05, 0.1) is 11.1 Å². The van der Waals surface area contributed by atoms with Gasteiger partial charge >= 0.3 is 0 Å². The van der Waals surface area contributed by atoms with Gasteiger partial charge in [-0.3, -0.25) is 19.3 Å². The molecule has 1 aliphatic heterocycles. The van der Waals surface area contributed by atoms with E-state index in [1.165, 1.54) is 24.3 Å². The summed E-state index contributed by atoms with van der Waals surface area (Å²) in [4.78, 5) is 40.6. The summed E-state index contributed by atoms with van der Waals surface area (Å²) in [7, 11) is 0. The Hall–Kier alpha value is -3.52. The summed E-state index contributed by atoms with van der Waals surface area (Å²) in [5, 5.41) is 2.71.